The summed E-state index contributed by atoms with van der Waals surface area (Å²) >= 11 is 0. The highest BCUT2D eigenvalue weighted by molar-refractivity contribution is 6.23. The molecular weight excluding hydrogens is 1420 g/mol. The third-order valence-electron chi connectivity index (χ3n) is 24.7. The van der Waals surface area contributed by atoms with Gasteiger partial charge in [-0.3, -0.25) is 0 Å². The molecule has 0 bridgehead atoms. The molecule has 0 atom stereocenters. The van der Waals surface area contributed by atoms with Crippen LogP contribution in [0.5, 0.6) is 0 Å². The average molecular weight is 1490 g/mol. The first-order valence-corrected chi connectivity index (χ1v) is 40.2. The second kappa shape index (κ2) is 26.0. The van der Waals surface area contributed by atoms with Crippen LogP contribution in [0.15, 0.2) is 418 Å². The molecule has 24 rings (SSSR count). The van der Waals surface area contributed by atoms with Crippen molar-refractivity contribution in [1.82, 2.24) is 27.4 Å². The van der Waals surface area contributed by atoms with E-state index in [0.717, 1.165) is 156 Å². The molecule has 0 spiro atoms. The maximum atomic E-state index is 5.23. The predicted molar refractivity (Wildman–Crippen MR) is 493 cm³/mol. The van der Waals surface area contributed by atoms with Gasteiger partial charge in [0, 0.05) is 88.6 Å². The number of fused-ring (bicyclic) bond motifs is 20. The number of aryl methyl sites for hydroxylation is 1. The minimum atomic E-state index is 0.834. The molecule has 5 aromatic heterocycles. The van der Waals surface area contributed by atoms with Crippen LogP contribution >= 0.6 is 0 Å². The van der Waals surface area contributed by atoms with Crippen molar-refractivity contribution in [3.8, 4) is 34.1 Å². The molecule has 1 aliphatic heterocycles. The zero-order valence-electron chi connectivity index (χ0n) is 64.0. The van der Waals surface area contributed by atoms with Gasteiger partial charge in [-0.2, -0.15) is 0 Å². The summed E-state index contributed by atoms with van der Waals surface area (Å²) in [6.45, 7) is 7.59. The third kappa shape index (κ3) is 9.95. The van der Waals surface area contributed by atoms with Gasteiger partial charge >= 0.3 is 0 Å². The summed E-state index contributed by atoms with van der Waals surface area (Å²) in [5.41, 5.74) is 27.9. The highest BCUT2D eigenvalue weighted by Crippen LogP contribution is 2.52. The standard InChI is InChI=1S/C109H72N8/c1-70-80-59-55-76(116-99-49-25-19-43-86(99)93-65-78(57-61-101(93)116)114-95-45-21-15-39-82(95)83-40-16-22-46-96(83)114)63-89(80)92-69-109-108(112(74-35-11-5-12-36-74)105-53-29-30-54-106(105)113(109)75-37-13-6-14-38-75)68-91(92)81-60-56-77(117-100-50-26-20-44-87(100)94-66-79(58-62-102(94)117)115-97-47-23-17-41-84(97)85-42-18-24-48-98(85)115)64-90(81)88(70)67-107-71(2)110(72-31-7-3-8-32-72)103-51-27-28-52-104(103)111(107)73-33-9-4-10-34-73/h3-69H,2H2,1H3/b80-70?,88-70?,90-88?,91-81?,92-89?,107-67+. The topological polar surface area (TPSA) is 36.1 Å². The molecule has 0 unspecified atom stereocenters. The van der Waals surface area contributed by atoms with E-state index in [1.165, 1.54) is 65.2 Å². The lowest BCUT2D eigenvalue weighted by molar-refractivity contribution is 1.05. The summed E-state index contributed by atoms with van der Waals surface area (Å²) in [5, 5.41) is 16.1. The molecule has 0 amide bonds. The Bertz CT molecular complexity index is 8120. The molecule has 0 radical (unpaired) electrons. The van der Waals surface area contributed by atoms with Crippen molar-refractivity contribution in [3.63, 3.8) is 0 Å². The van der Waals surface area contributed by atoms with E-state index in [2.05, 4.69) is 451 Å². The minimum Gasteiger partial charge on any atom is -0.309 e. The van der Waals surface area contributed by atoms with E-state index >= 15 is 0 Å². The molecule has 6 heterocycles. The van der Waals surface area contributed by atoms with Crippen LogP contribution in [0.4, 0.5) is 22.7 Å². The van der Waals surface area contributed by atoms with Crippen molar-refractivity contribution in [2.45, 2.75) is 6.92 Å². The van der Waals surface area contributed by atoms with E-state index in [1.807, 2.05) is 0 Å². The zero-order chi connectivity index (χ0) is 77.1. The molecule has 23 aromatic rings. The Morgan fingerprint density at radius 1 is 0.188 bits per heavy atom. The number of nitrogens with zero attached hydrogens (tertiary/aromatic N) is 8. The van der Waals surface area contributed by atoms with Crippen LogP contribution in [0.2, 0.25) is 0 Å². The van der Waals surface area contributed by atoms with Crippen LogP contribution in [0.1, 0.15) is 11.1 Å². The maximum Gasteiger partial charge on any atom is 0.0709 e. The molecule has 0 fully saturated rings. The van der Waals surface area contributed by atoms with Crippen molar-refractivity contribution in [3.05, 3.63) is 429 Å². The zero-order valence-corrected chi connectivity index (χ0v) is 64.0. The summed E-state index contributed by atoms with van der Waals surface area (Å²) in [5.74, 6) is 0. The van der Waals surface area contributed by atoms with Crippen LogP contribution in [0.25, 0.3) is 182 Å². The number of rotatable bonds is 9. The van der Waals surface area contributed by atoms with E-state index in [9.17, 15) is 0 Å². The van der Waals surface area contributed by atoms with Crippen LogP contribution in [-0.2, 0) is 0 Å². The van der Waals surface area contributed by atoms with Crippen LogP contribution in [-0.4, -0.2) is 27.4 Å². The Kier molecular flexibility index (Phi) is 14.6. The fraction of sp³-hybridized carbons (Fsp3) is 0.00917. The smallest absolute Gasteiger partial charge is 0.0709 e. The average Bonchev–Trinajstić information content (AvgIpc) is 1.37. The fourth-order valence-corrected chi connectivity index (χ4v) is 19.6. The normalized spacial score (nSPS) is 13.0. The molecule has 18 aromatic carbocycles. The van der Waals surface area contributed by atoms with Gasteiger partial charge in [-0.1, -0.05) is 225 Å². The summed E-state index contributed by atoms with van der Waals surface area (Å²) in [6.07, 6.45) is 2.47. The number of para-hydroxylation sites is 14. The van der Waals surface area contributed by atoms with Crippen molar-refractivity contribution in [2.24, 2.45) is 0 Å². The molecule has 0 saturated carbocycles. The molecule has 548 valence electrons. The van der Waals surface area contributed by atoms with Gasteiger partial charge in [0.1, 0.15) is 0 Å². The summed E-state index contributed by atoms with van der Waals surface area (Å²) < 4.78 is 14.8. The number of hydrogen-bond acceptors (Lipinski definition) is 2. The van der Waals surface area contributed by atoms with Gasteiger partial charge in [-0.25, -0.2) is 0 Å². The highest BCUT2D eigenvalue weighted by atomic mass is 15.3. The van der Waals surface area contributed by atoms with Crippen LogP contribution in [0, 0.1) is 6.92 Å². The Balaban J connectivity index is 0.855. The number of benzene rings is 17. The van der Waals surface area contributed by atoms with E-state index in [-0.39, 0.29) is 0 Å². The first-order chi connectivity index (χ1) is 57.9. The first-order valence-electron chi connectivity index (χ1n) is 40.2. The molecule has 8 nitrogen and oxygen atoms in total. The van der Waals surface area contributed by atoms with Gasteiger partial charge in [-0.15, -0.1) is 0 Å². The molecule has 0 aliphatic carbocycles. The van der Waals surface area contributed by atoms with E-state index in [1.54, 1.807) is 0 Å². The van der Waals surface area contributed by atoms with Crippen molar-refractivity contribution >= 4 is 170 Å². The van der Waals surface area contributed by atoms with Crippen LogP contribution < -0.4 is 9.80 Å². The van der Waals surface area contributed by atoms with Gasteiger partial charge < -0.3 is 37.2 Å². The van der Waals surface area contributed by atoms with Gasteiger partial charge in [0.05, 0.1) is 89.0 Å². The van der Waals surface area contributed by atoms with Gasteiger partial charge in [-0.05, 0) is 238 Å². The van der Waals surface area contributed by atoms with Gasteiger partial charge in [0.25, 0.3) is 0 Å². The van der Waals surface area contributed by atoms with Crippen molar-refractivity contribution in [1.29, 1.82) is 0 Å². The Labute approximate surface area is 673 Å². The lowest BCUT2D eigenvalue weighted by Gasteiger charge is -2.42. The monoisotopic (exact) mass is 1490 g/mol. The summed E-state index contributed by atoms with van der Waals surface area (Å²) in [6, 6.07) is 148. The van der Waals surface area contributed by atoms with Gasteiger partial charge in [0.15, 0.2) is 0 Å². The van der Waals surface area contributed by atoms with Crippen molar-refractivity contribution in [2.75, 3.05) is 9.80 Å². The Morgan fingerprint density at radius 2 is 0.462 bits per heavy atom. The molecule has 0 N–H and O–H groups in total. The Hall–Kier alpha value is -15.6. The predicted octanol–water partition coefficient (Wildman–Crippen LogP) is 28.7. The quantitative estimate of drug-likeness (QED) is 0.135. The SMILES string of the molecule is C=C1/C(=C\c2c(C)c3ccc(-n4c5ccccc5c5cc(-n6c7ccccc7c7ccccc76)ccc54)cc3c3cc4c(cc3c3ccc(-n5c6ccccc6c6cc(-n7c8ccccc8c8ccccc87)ccc65)cc23)n(-c2ccccc2)c2ccccc2n4-c2ccccc2)N(c2ccccc2)c2ccccc2N1c1ccccc1. The van der Waals surface area contributed by atoms with E-state index in [0.29, 0.717) is 0 Å². The second-order valence-electron chi connectivity index (χ2n) is 30.9. The maximum absolute atomic E-state index is 5.23. The Morgan fingerprint density at radius 3 is 0.872 bits per heavy atom. The number of aromatic nitrogens is 6. The largest absolute Gasteiger partial charge is 0.309 e. The highest BCUT2D eigenvalue weighted by Gasteiger charge is 2.33. The minimum absolute atomic E-state index is 0.834. The lowest BCUT2D eigenvalue weighted by atomic mass is 9.90. The van der Waals surface area contributed by atoms with Crippen LogP contribution in [0.3, 0.4) is 0 Å². The molecule has 0 saturated heterocycles. The number of anilines is 4. The molecular formula is C109H72N8. The molecule has 8 heteroatoms. The van der Waals surface area contributed by atoms with E-state index in [4.69, 9.17) is 6.58 Å². The first kappa shape index (κ1) is 66.0. The molecule has 117 heavy (non-hydrogen) atoms. The van der Waals surface area contributed by atoms with Gasteiger partial charge in [0.2, 0.25) is 0 Å². The van der Waals surface area contributed by atoms with E-state index < -0.39 is 0 Å². The second-order valence-corrected chi connectivity index (χ2v) is 30.9. The van der Waals surface area contributed by atoms with Crippen molar-refractivity contribution < 1.29 is 0 Å². The molecule has 1 aliphatic rings. The third-order valence-corrected chi connectivity index (χ3v) is 24.7. The summed E-state index contributed by atoms with van der Waals surface area (Å²) in [4.78, 5) is 4.77. The number of hydrogen-bond donors (Lipinski definition) is 0. The summed E-state index contributed by atoms with van der Waals surface area (Å²) in [7, 11) is 0. The lowest BCUT2D eigenvalue weighted by Crippen LogP contribution is -2.32. The fourth-order valence-electron chi connectivity index (χ4n) is 19.6.